The molecule has 1 aromatic heterocycles. The van der Waals surface area contributed by atoms with Gasteiger partial charge in [-0.2, -0.15) is 0 Å². The average molecular weight is 280 g/mol. The minimum atomic E-state index is 0.0817. The smallest absolute Gasteiger partial charge is 0.285 e. The molecule has 2 atom stereocenters. The molecular weight excluding hydrogens is 260 g/mol. The van der Waals surface area contributed by atoms with Crippen molar-refractivity contribution in [3.05, 3.63) is 5.01 Å². The van der Waals surface area contributed by atoms with Crippen molar-refractivity contribution >= 4 is 22.4 Å². The van der Waals surface area contributed by atoms with Crippen LogP contribution in [0.2, 0.25) is 0 Å². The molecule has 1 saturated heterocycles. The fraction of sp³-hybridized carbons (Fsp3) is 0.769. The van der Waals surface area contributed by atoms with Crippen LogP contribution in [0.4, 0.5) is 5.13 Å². The quantitative estimate of drug-likeness (QED) is 0.923. The van der Waals surface area contributed by atoms with Crippen molar-refractivity contribution in [2.75, 3.05) is 18.4 Å². The van der Waals surface area contributed by atoms with Crippen LogP contribution < -0.4 is 5.32 Å². The molecule has 1 aromatic rings. The summed E-state index contributed by atoms with van der Waals surface area (Å²) in [6.07, 6.45) is 6.12. The minimum absolute atomic E-state index is 0.0817. The molecule has 19 heavy (non-hydrogen) atoms. The van der Waals surface area contributed by atoms with Gasteiger partial charge in [0, 0.05) is 19.1 Å². The van der Waals surface area contributed by atoms with Crippen molar-refractivity contribution in [2.24, 2.45) is 5.92 Å². The zero-order chi connectivity index (χ0) is 13.2. The fourth-order valence-electron chi connectivity index (χ4n) is 3.36. The molecule has 5 nitrogen and oxygen atoms in total. The van der Waals surface area contributed by atoms with Crippen LogP contribution in [0.25, 0.3) is 0 Å². The Hall–Kier alpha value is -1.17. The second kappa shape index (κ2) is 5.45. The topological polar surface area (TPSA) is 58.1 Å². The molecule has 0 spiro atoms. The van der Waals surface area contributed by atoms with Gasteiger partial charge in [0.2, 0.25) is 10.1 Å². The molecule has 6 heteroatoms. The summed E-state index contributed by atoms with van der Waals surface area (Å²) >= 11 is 1.37. The molecule has 0 aromatic carbocycles. The third-order valence-electron chi connectivity index (χ3n) is 4.19. The lowest BCUT2D eigenvalue weighted by Gasteiger charge is -2.37. The highest BCUT2D eigenvalue weighted by Crippen LogP contribution is 2.37. The Bertz CT molecular complexity index is 461. The Kier molecular flexibility index (Phi) is 3.68. The number of fused-ring (bicyclic) bond motifs is 1. The first kappa shape index (κ1) is 12.8. The van der Waals surface area contributed by atoms with E-state index >= 15 is 0 Å². The van der Waals surface area contributed by atoms with E-state index in [0.717, 1.165) is 37.0 Å². The zero-order valence-corrected chi connectivity index (χ0v) is 12.1. The van der Waals surface area contributed by atoms with Crippen molar-refractivity contribution in [1.82, 2.24) is 15.1 Å². The van der Waals surface area contributed by atoms with E-state index in [1.54, 1.807) is 0 Å². The predicted octanol–water partition coefficient (Wildman–Crippen LogP) is 2.37. The standard InChI is InChI=1S/C13H20N4OS/c1-2-14-13-16-15-11(19-13)12(18)17-8-4-6-9-5-3-7-10(9)17/h9-10H,2-8H2,1H3,(H,14,16). The SMILES string of the molecule is CCNc1nnc(C(=O)N2CCCC3CCCC32)s1. The van der Waals surface area contributed by atoms with Gasteiger partial charge in [0.05, 0.1) is 0 Å². The third-order valence-corrected chi connectivity index (χ3v) is 5.06. The fourth-order valence-corrected chi connectivity index (χ4v) is 4.13. The van der Waals surface area contributed by atoms with Crippen molar-refractivity contribution < 1.29 is 4.79 Å². The Balaban J connectivity index is 1.74. The number of carbonyl (C=O) groups is 1. The number of aromatic nitrogens is 2. The second-order valence-corrected chi connectivity index (χ2v) is 6.32. The number of hydrogen-bond acceptors (Lipinski definition) is 5. The molecular formula is C13H20N4OS. The molecule has 2 fully saturated rings. The van der Waals surface area contributed by atoms with E-state index in [2.05, 4.69) is 20.4 Å². The molecule has 104 valence electrons. The Labute approximate surface area is 117 Å². The lowest BCUT2D eigenvalue weighted by atomic mass is 9.92. The van der Waals surface area contributed by atoms with Crippen LogP contribution in [0.3, 0.4) is 0 Å². The highest BCUT2D eigenvalue weighted by atomic mass is 32.1. The molecule has 0 bridgehead atoms. The van der Waals surface area contributed by atoms with Crippen molar-refractivity contribution in [1.29, 1.82) is 0 Å². The van der Waals surface area contributed by atoms with E-state index in [1.165, 1.54) is 30.6 Å². The van der Waals surface area contributed by atoms with E-state index in [4.69, 9.17) is 0 Å². The van der Waals surface area contributed by atoms with Crippen LogP contribution in [-0.4, -0.2) is 40.1 Å². The Morgan fingerprint density at radius 3 is 3.05 bits per heavy atom. The summed E-state index contributed by atoms with van der Waals surface area (Å²) in [6.45, 7) is 3.70. The number of hydrogen-bond donors (Lipinski definition) is 1. The highest BCUT2D eigenvalue weighted by Gasteiger charge is 2.38. The maximum atomic E-state index is 12.6. The predicted molar refractivity (Wildman–Crippen MR) is 75.5 cm³/mol. The van der Waals surface area contributed by atoms with Gasteiger partial charge >= 0.3 is 0 Å². The Morgan fingerprint density at radius 1 is 1.37 bits per heavy atom. The van der Waals surface area contributed by atoms with Gasteiger partial charge in [-0.25, -0.2) is 0 Å². The molecule has 1 amide bonds. The second-order valence-electron chi connectivity index (χ2n) is 5.34. The number of amides is 1. The summed E-state index contributed by atoms with van der Waals surface area (Å²) in [7, 11) is 0. The first-order valence-electron chi connectivity index (χ1n) is 7.18. The van der Waals surface area contributed by atoms with E-state index in [-0.39, 0.29) is 5.91 Å². The minimum Gasteiger partial charge on any atom is -0.360 e. The molecule has 2 unspecified atom stereocenters. The number of carbonyl (C=O) groups excluding carboxylic acids is 1. The molecule has 3 rings (SSSR count). The average Bonchev–Trinajstić information content (AvgIpc) is 3.06. The summed E-state index contributed by atoms with van der Waals surface area (Å²) in [6, 6.07) is 0.452. The molecule has 1 N–H and O–H groups in total. The molecule has 2 heterocycles. The first-order valence-corrected chi connectivity index (χ1v) is 7.99. The lowest BCUT2D eigenvalue weighted by Crippen LogP contribution is -2.46. The van der Waals surface area contributed by atoms with E-state index in [1.807, 2.05) is 6.92 Å². The van der Waals surface area contributed by atoms with E-state index in [0.29, 0.717) is 11.0 Å². The third kappa shape index (κ3) is 2.45. The van der Waals surface area contributed by atoms with Crippen LogP contribution in [-0.2, 0) is 0 Å². The summed E-state index contributed by atoms with van der Waals surface area (Å²) in [5.74, 6) is 0.803. The molecule has 1 aliphatic carbocycles. The number of likely N-dealkylation sites (tertiary alicyclic amines) is 1. The van der Waals surface area contributed by atoms with Crippen LogP contribution in [0, 0.1) is 5.92 Å². The normalized spacial score (nSPS) is 26.3. The largest absolute Gasteiger partial charge is 0.360 e. The number of rotatable bonds is 3. The van der Waals surface area contributed by atoms with Gasteiger partial charge in [0.15, 0.2) is 0 Å². The van der Waals surface area contributed by atoms with Gasteiger partial charge in [-0.3, -0.25) is 4.79 Å². The molecule has 1 aliphatic heterocycles. The number of anilines is 1. The van der Waals surface area contributed by atoms with Crippen molar-refractivity contribution in [3.63, 3.8) is 0 Å². The van der Waals surface area contributed by atoms with Gasteiger partial charge in [0.1, 0.15) is 0 Å². The number of nitrogens with zero attached hydrogens (tertiary/aromatic N) is 3. The summed E-state index contributed by atoms with van der Waals surface area (Å²) < 4.78 is 0. The Morgan fingerprint density at radius 2 is 2.21 bits per heavy atom. The molecule has 0 radical (unpaired) electrons. The summed E-state index contributed by atoms with van der Waals surface area (Å²) in [5.41, 5.74) is 0. The van der Waals surface area contributed by atoms with Crippen LogP contribution in [0.1, 0.15) is 48.8 Å². The summed E-state index contributed by atoms with van der Waals surface area (Å²) in [4.78, 5) is 14.6. The molecule has 1 saturated carbocycles. The molecule has 2 aliphatic rings. The van der Waals surface area contributed by atoms with Gasteiger partial charge in [-0.1, -0.05) is 17.8 Å². The van der Waals surface area contributed by atoms with Gasteiger partial charge in [0.25, 0.3) is 5.91 Å². The van der Waals surface area contributed by atoms with Gasteiger partial charge in [-0.05, 0) is 38.5 Å². The van der Waals surface area contributed by atoms with E-state index in [9.17, 15) is 4.79 Å². The van der Waals surface area contributed by atoms with E-state index < -0.39 is 0 Å². The van der Waals surface area contributed by atoms with Gasteiger partial charge < -0.3 is 10.2 Å². The monoisotopic (exact) mass is 280 g/mol. The van der Waals surface area contributed by atoms with Crippen LogP contribution >= 0.6 is 11.3 Å². The summed E-state index contributed by atoms with van der Waals surface area (Å²) in [5, 5.41) is 12.4. The van der Waals surface area contributed by atoms with Crippen LogP contribution in [0.5, 0.6) is 0 Å². The number of nitrogens with one attached hydrogen (secondary N) is 1. The maximum absolute atomic E-state index is 12.6. The van der Waals surface area contributed by atoms with Crippen molar-refractivity contribution in [2.45, 2.75) is 45.1 Å². The van der Waals surface area contributed by atoms with Crippen LogP contribution in [0.15, 0.2) is 0 Å². The maximum Gasteiger partial charge on any atom is 0.285 e. The lowest BCUT2D eigenvalue weighted by molar-refractivity contribution is 0.0547. The first-order chi connectivity index (χ1) is 9.29. The zero-order valence-electron chi connectivity index (χ0n) is 11.3. The van der Waals surface area contributed by atoms with Crippen molar-refractivity contribution in [3.8, 4) is 0 Å². The number of piperidine rings is 1. The highest BCUT2D eigenvalue weighted by molar-refractivity contribution is 7.17. The van der Waals surface area contributed by atoms with Gasteiger partial charge in [-0.15, -0.1) is 10.2 Å².